The number of nitrogens with one attached hydrogen (secondary N) is 1. The quantitative estimate of drug-likeness (QED) is 0.772. The van der Waals surface area contributed by atoms with Gasteiger partial charge in [0.05, 0.1) is 12.7 Å². The Bertz CT molecular complexity index is 820. The standard InChI is InChI=1S/C23H27NO4/c1-17(25)28-19-11-8-14-23(15-19,18-9-4-3-5-10-18)16-24-22(26)20-12-6-7-13-21(20)27-2/h3-7,9-10,12-13,19H,8,11,14-16H2,1-2H3,(H,24,26)/t19?,23-/m0/s1. The lowest BCUT2D eigenvalue weighted by atomic mass is 9.68. The van der Waals surface area contributed by atoms with Crippen LogP contribution in [0.25, 0.3) is 0 Å². The Balaban J connectivity index is 1.82. The van der Waals surface area contributed by atoms with Crippen molar-refractivity contribution in [2.75, 3.05) is 13.7 Å². The molecule has 0 heterocycles. The van der Waals surface area contributed by atoms with E-state index in [2.05, 4.69) is 17.4 Å². The molecule has 1 unspecified atom stereocenters. The summed E-state index contributed by atoms with van der Waals surface area (Å²) in [6, 6.07) is 17.4. The number of para-hydroxylation sites is 1. The van der Waals surface area contributed by atoms with Crippen molar-refractivity contribution in [1.29, 1.82) is 0 Å². The van der Waals surface area contributed by atoms with Crippen molar-refractivity contribution in [3.63, 3.8) is 0 Å². The monoisotopic (exact) mass is 381 g/mol. The lowest BCUT2D eigenvalue weighted by molar-refractivity contribution is -0.148. The van der Waals surface area contributed by atoms with Gasteiger partial charge in [-0.25, -0.2) is 0 Å². The van der Waals surface area contributed by atoms with Gasteiger partial charge < -0.3 is 14.8 Å². The summed E-state index contributed by atoms with van der Waals surface area (Å²) >= 11 is 0. The molecule has 0 radical (unpaired) electrons. The molecule has 1 amide bonds. The van der Waals surface area contributed by atoms with Crippen LogP contribution in [0.1, 0.15) is 48.5 Å². The molecule has 0 spiro atoms. The molecule has 2 aromatic carbocycles. The first-order chi connectivity index (χ1) is 13.5. The molecule has 0 aromatic heterocycles. The van der Waals surface area contributed by atoms with E-state index in [1.807, 2.05) is 30.3 Å². The first-order valence-electron chi connectivity index (χ1n) is 9.68. The van der Waals surface area contributed by atoms with Gasteiger partial charge in [0.2, 0.25) is 0 Å². The highest BCUT2D eigenvalue weighted by atomic mass is 16.5. The normalized spacial score (nSPS) is 21.6. The van der Waals surface area contributed by atoms with Crippen LogP contribution < -0.4 is 10.1 Å². The molecule has 5 heteroatoms. The fraction of sp³-hybridized carbons (Fsp3) is 0.391. The number of carbonyl (C=O) groups excluding carboxylic acids is 2. The van der Waals surface area contributed by atoms with Gasteiger partial charge in [-0.3, -0.25) is 9.59 Å². The van der Waals surface area contributed by atoms with E-state index < -0.39 is 0 Å². The van der Waals surface area contributed by atoms with Crippen LogP contribution in [0.3, 0.4) is 0 Å². The van der Waals surface area contributed by atoms with Gasteiger partial charge in [-0.05, 0) is 43.4 Å². The van der Waals surface area contributed by atoms with Gasteiger partial charge in [0.15, 0.2) is 0 Å². The molecule has 1 aliphatic carbocycles. The number of hydrogen-bond donors (Lipinski definition) is 1. The smallest absolute Gasteiger partial charge is 0.302 e. The lowest BCUT2D eigenvalue weighted by Crippen LogP contribution is -2.46. The highest BCUT2D eigenvalue weighted by molar-refractivity contribution is 5.96. The van der Waals surface area contributed by atoms with Crippen LogP contribution >= 0.6 is 0 Å². The Hall–Kier alpha value is -2.82. The van der Waals surface area contributed by atoms with Gasteiger partial charge in [0.1, 0.15) is 11.9 Å². The Labute approximate surface area is 166 Å². The van der Waals surface area contributed by atoms with Gasteiger partial charge in [-0.15, -0.1) is 0 Å². The molecular formula is C23H27NO4. The molecule has 0 saturated heterocycles. The van der Waals surface area contributed by atoms with Crippen molar-refractivity contribution in [1.82, 2.24) is 5.32 Å². The minimum absolute atomic E-state index is 0.130. The van der Waals surface area contributed by atoms with Crippen molar-refractivity contribution >= 4 is 11.9 Å². The predicted octanol–water partition coefficient (Wildman–Crippen LogP) is 3.87. The van der Waals surface area contributed by atoms with Crippen LogP contribution in [0.15, 0.2) is 54.6 Å². The molecule has 3 rings (SSSR count). The van der Waals surface area contributed by atoms with Gasteiger partial charge in [-0.1, -0.05) is 42.5 Å². The molecule has 0 aliphatic heterocycles. The predicted molar refractivity (Wildman–Crippen MR) is 107 cm³/mol. The van der Waals surface area contributed by atoms with Crippen LogP contribution in [0.2, 0.25) is 0 Å². The highest BCUT2D eigenvalue weighted by Crippen LogP contribution is 2.40. The fourth-order valence-electron chi connectivity index (χ4n) is 4.14. The molecular weight excluding hydrogens is 354 g/mol. The first-order valence-corrected chi connectivity index (χ1v) is 9.68. The maximum Gasteiger partial charge on any atom is 0.302 e. The minimum Gasteiger partial charge on any atom is -0.496 e. The summed E-state index contributed by atoms with van der Waals surface area (Å²) in [7, 11) is 1.56. The van der Waals surface area contributed by atoms with Gasteiger partial charge in [-0.2, -0.15) is 0 Å². The summed E-state index contributed by atoms with van der Waals surface area (Å²) in [5.41, 5.74) is 1.41. The van der Waals surface area contributed by atoms with E-state index in [-0.39, 0.29) is 23.4 Å². The Morgan fingerprint density at radius 2 is 1.82 bits per heavy atom. The van der Waals surface area contributed by atoms with E-state index in [9.17, 15) is 9.59 Å². The Morgan fingerprint density at radius 3 is 2.54 bits per heavy atom. The maximum absolute atomic E-state index is 12.8. The molecule has 1 N–H and O–H groups in total. The number of carbonyl (C=O) groups is 2. The molecule has 148 valence electrons. The van der Waals surface area contributed by atoms with E-state index in [4.69, 9.17) is 9.47 Å². The molecule has 1 aliphatic rings. The van der Waals surface area contributed by atoms with E-state index in [0.29, 0.717) is 24.3 Å². The number of rotatable bonds is 6. The van der Waals surface area contributed by atoms with Crippen molar-refractivity contribution < 1.29 is 19.1 Å². The van der Waals surface area contributed by atoms with Crippen LogP contribution in [-0.2, 0) is 14.9 Å². The average Bonchev–Trinajstić information content (AvgIpc) is 2.72. The third-order valence-corrected chi connectivity index (χ3v) is 5.46. The van der Waals surface area contributed by atoms with E-state index >= 15 is 0 Å². The average molecular weight is 381 g/mol. The molecule has 2 atom stereocenters. The second-order valence-electron chi connectivity index (χ2n) is 7.36. The van der Waals surface area contributed by atoms with E-state index in [1.165, 1.54) is 6.92 Å². The summed E-state index contributed by atoms with van der Waals surface area (Å²) in [6.45, 7) is 1.92. The summed E-state index contributed by atoms with van der Waals surface area (Å²) in [4.78, 5) is 24.3. The zero-order valence-electron chi connectivity index (χ0n) is 16.4. The fourth-order valence-corrected chi connectivity index (χ4v) is 4.14. The second-order valence-corrected chi connectivity index (χ2v) is 7.36. The van der Waals surface area contributed by atoms with Gasteiger partial charge >= 0.3 is 5.97 Å². The maximum atomic E-state index is 12.8. The Kier molecular flexibility index (Phi) is 6.34. The third kappa shape index (κ3) is 4.53. The second kappa shape index (κ2) is 8.91. The molecule has 28 heavy (non-hydrogen) atoms. The topological polar surface area (TPSA) is 64.6 Å². The van der Waals surface area contributed by atoms with Crippen LogP contribution in [0, 0.1) is 0 Å². The number of amides is 1. The van der Waals surface area contributed by atoms with Gasteiger partial charge in [0.25, 0.3) is 5.91 Å². The highest BCUT2D eigenvalue weighted by Gasteiger charge is 2.39. The number of esters is 1. The zero-order valence-corrected chi connectivity index (χ0v) is 16.4. The zero-order chi connectivity index (χ0) is 20.0. The van der Waals surface area contributed by atoms with E-state index in [1.54, 1.807) is 19.2 Å². The van der Waals surface area contributed by atoms with Crippen LogP contribution in [-0.4, -0.2) is 31.6 Å². The molecule has 5 nitrogen and oxygen atoms in total. The SMILES string of the molecule is COc1ccccc1C(=O)NC[C@]1(c2ccccc2)CCCC(OC(C)=O)C1. The molecule has 1 fully saturated rings. The number of benzene rings is 2. The first kappa shape index (κ1) is 19.9. The molecule has 0 bridgehead atoms. The molecule has 1 saturated carbocycles. The summed E-state index contributed by atoms with van der Waals surface area (Å²) < 4.78 is 10.8. The van der Waals surface area contributed by atoms with Crippen LogP contribution in [0.5, 0.6) is 5.75 Å². The minimum atomic E-state index is -0.267. The molecule has 2 aromatic rings. The summed E-state index contributed by atoms with van der Waals surface area (Å²) in [5.74, 6) is 0.129. The van der Waals surface area contributed by atoms with Crippen LogP contribution in [0.4, 0.5) is 0 Å². The van der Waals surface area contributed by atoms with Crippen molar-refractivity contribution in [2.45, 2.75) is 44.1 Å². The van der Waals surface area contributed by atoms with E-state index in [0.717, 1.165) is 24.8 Å². The lowest BCUT2D eigenvalue weighted by Gasteiger charge is -2.41. The summed E-state index contributed by atoms with van der Waals surface area (Å²) in [6.07, 6.45) is 3.30. The van der Waals surface area contributed by atoms with Gasteiger partial charge in [0, 0.05) is 18.9 Å². The number of ether oxygens (including phenoxy) is 2. The third-order valence-electron chi connectivity index (χ3n) is 5.46. The number of hydrogen-bond acceptors (Lipinski definition) is 4. The largest absolute Gasteiger partial charge is 0.496 e. The number of methoxy groups -OCH3 is 1. The van der Waals surface area contributed by atoms with Crippen molar-refractivity contribution in [2.24, 2.45) is 0 Å². The Morgan fingerprint density at radius 1 is 1.11 bits per heavy atom. The van der Waals surface area contributed by atoms with Crippen molar-refractivity contribution in [3.8, 4) is 5.75 Å². The summed E-state index contributed by atoms with van der Waals surface area (Å²) in [5, 5.41) is 3.10. The van der Waals surface area contributed by atoms with Crippen molar-refractivity contribution in [3.05, 3.63) is 65.7 Å².